The van der Waals surface area contributed by atoms with Crippen LogP contribution in [-0.4, -0.2) is 5.11 Å². The van der Waals surface area contributed by atoms with Crippen LogP contribution in [0.1, 0.15) is 5.56 Å². The van der Waals surface area contributed by atoms with E-state index in [2.05, 4.69) is 10.6 Å². The second-order valence-corrected chi connectivity index (χ2v) is 5.27. The molecule has 23 heavy (non-hydrogen) atoms. The van der Waals surface area contributed by atoms with Crippen LogP contribution in [0.15, 0.2) is 36.4 Å². The minimum absolute atomic E-state index is 0.0393. The van der Waals surface area contributed by atoms with Gasteiger partial charge in [0.2, 0.25) is 0 Å². The first-order valence-corrected chi connectivity index (χ1v) is 6.84. The van der Waals surface area contributed by atoms with Gasteiger partial charge in [-0.1, -0.05) is 11.6 Å². The molecular weight excluding hydrogens is 359 g/mol. The van der Waals surface area contributed by atoms with E-state index in [-0.39, 0.29) is 21.5 Å². The molecule has 0 heterocycles. The maximum Gasteiger partial charge on any atom is 0.418 e. The van der Waals surface area contributed by atoms with E-state index in [1.54, 1.807) is 0 Å². The Morgan fingerprint density at radius 3 is 2.13 bits per heavy atom. The molecule has 0 aliphatic carbocycles. The molecule has 2 rings (SSSR count). The van der Waals surface area contributed by atoms with E-state index in [4.69, 9.17) is 23.8 Å². The molecule has 2 nitrogen and oxygen atoms in total. The fourth-order valence-electron chi connectivity index (χ4n) is 1.77. The number of nitrogens with one attached hydrogen (secondary N) is 2. The predicted octanol–water partition coefficient (Wildman–Crippen LogP) is 5.45. The standard InChI is InChI=1S/C14H8ClF5N2S/c15-7-1-2-12(11(3-7)14(18,19)20)22-13(23)21-10-5-8(16)4-9(17)6-10/h1-6H,(H2,21,22,23). The van der Waals surface area contributed by atoms with Gasteiger partial charge in [-0.15, -0.1) is 0 Å². The van der Waals surface area contributed by atoms with Crippen LogP contribution in [0.25, 0.3) is 0 Å². The molecule has 0 aliphatic heterocycles. The van der Waals surface area contributed by atoms with Gasteiger partial charge in [-0.05, 0) is 42.5 Å². The first kappa shape index (κ1) is 17.4. The zero-order valence-corrected chi connectivity index (χ0v) is 12.7. The van der Waals surface area contributed by atoms with Crippen molar-refractivity contribution in [1.29, 1.82) is 0 Å². The molecule has 0 aromatic heterocycles. The van der Waals surface area contributed by atoms with Crippen molar-refractivity contribution in [2.75, 3.05) is 10.6 Å². The van der Waals surface area contributed by atoms with Crippen molar-refractivity contribution in [3.05, 3.63) is 58.6 Å². The monoisotopic (exact) mass is 366 g/mol. The van der Waals surface area contributed by atoms with Crippen molar-refractivity contribution >= 4 is 40.3 Å². The van der Waals surface area contributed by atoms with Crippen molar-refractivity contribution < 1.29 is 22.0 Å². The molecule has 0 atom stereocenters. The molecule has 0 aliphatic rings. The Morgan fingerprint density at radius 1 is 0.957 bits per heavy atom. The van der Waals surface area contributed by atoms with Gasteiger partial charge in [0.1, 0.15) is 11.6 Å². The Hall–Kier alpha value is -1.93. The lowest BCUT2D eigenvalue weighted by molar-refractivity contribution is -0.136. The number of hydrogen-bond donors (Lipinski definition) is 2. The minimum Gasteiger partial charge on any atom is -0.332 e. The Balaban J connectivity index is 2.20. The van der Waals surface area contributed by atoms with Gasteiger partial charge >= 0.3 is 6.18 Å². The maximum atomic E-state index is 13.1. The van der Waals surface area contributed by atoms with E-state index >= 15 is 0 Å². The molecule has 2 aromatic rings. The number of hydrogen-bond acceptors (Lipinski definition) is 1. The summed E-state index contributed by atoms with van der Waals surface area (Å²) in [6, 6.07) is 5.65. The smallest absolute Gasteiger partial charge is 0.332 e. The molecule has 122 valence electrons. The van der Waals surface area contributed by atoms with E-state index in [0.717, 1.165) is 24.3 Å². The summed E-state index contributed by atoms with van der Waals surface area (Å²) in [5.41, 5.74) is -1.39. The second kappa shape index (κ2) is 6.67. The molecule has 0 spiro atoms. The SMILES string of the molecule is Fc1cc(F)cc(NC(=S)Nc2ccc(Cl)cc2C(F)(F)F)c1. The largest absolute Gasteiger partial charge is 0.418 e. The van der Waals surface area contributed by atoms with Gasteiger partial charge in [0.25, 0.3) is 0 Å². The Morgan fingerprint density at radius 2 is 1.57 bits per heavy atom. The summed E-state index contributed by atoms with van der Waals surface area (Å²) in [7, 11) is 0. The highest BCUT2D eigenvalue weighted by atomic mass is 35.5. The fraction of sp³-hybridized carbons (Fsp3) is 0.0714. The van der Waals surface area contributed by atoms with Crippen LogP contribution in [0.3, 0.4) is 0 Å². The number of benzene rings is 2. The molecule has 0 radical (unpaired) electrons. The van der Waals surface area contributed by atoms with E-state index in [9.17, 15) is 22.0 Å². The molecule has 2 aromatic carbocycles. The molecule has 9 heteroatoms. The summed E-state index contributed by atoms with van der Waals surface area (Å²) < 4.78 is 65.0. The molecule has 0 unspecified atom stereocenters. The molecular formula is C14H8ClF5N2S. The van der Waals surface area contributed by atoms with Gasteiger partial charge in [-0.2, -0.15) is 13.2 Å². The number of anilines is 2. The summed E-state index contributed by atoms with van der Waals surface area (Å²) in [6.07, 6.45) is -4.65. The van der Waals surface area contributed by atoms with Crippen molar-refractivity contribution in [2.45, 2.75) is 6.18 Å². The Kier molecular flexibility index (Phi) is 5.06. The third kappa shape index (κ3) is 4.77. The van der Waals surface area contributed by atoms with Crippen LogP contribution in [0.4, 0.5) is 33.3 Å². The minimum atomic E-state index is -4.65. The molecule has 0 fully saturated rings. The van der Waals surface area contributed by atoms with Crippen molar-refractivity contribution in [1.82, 2.24) is 0 Å². The highest BCUT2D eigenvalue weighted by molar-refractivity contribution is 7.80. The van der Waals surface area contributed by atoms with Crippen molar-refractivity contribution in [3.63, 3.8) is 0 Å². The highest BCUT2D eigenvalue weighted by Gasteiger charge is 2.34. The Bertz CT molecular complexity index is 728. The summed E-state index contributed by atoms with van der Waals surface area (Å²) >= 11 is 10.4. The average Bonchev–Trinajstić information content (AvgIpc) is 2.38. The van der Waals surface area contributed by atoms with Gasteiger partial charge in [-0.25, -0.2) is 8.78 Å². The van der Waals surface area contributed by atoms with Gasteiger partial charge in [0.05, 0.1) is 11.3 Å². The van der Waals surface area contributed by atoms with Gasteiger partial charge in [0.15, 0.2) is 5.11 Å². The van der Waals surface area contributed by atoms with Crippen LogP contribution in [-0.2, 0) is 6.18 Å². The van der Waals surface area contributed by atoms with Crippen LogP contribution < -0.4 is 10.6 Å². The second-order valence-electron chi connectivity index (χ2n) is 4.42. The zero-order chi connectivity index (χ0) is 17.2. The first-order chi connectivity index (χ1) is 10.6. The molecule has 2 N–H and O–H groups in total. The van der Waals surface area contributed by atoms with Gasteiger partial charge in [0, 0.05) is 16.8 Å². The molecule has 0 saturated carbocycles. The van der Waals surface area contributed by atoms with Crippen molar-refractivity contribution in [3.8, 4) is 0 Å². The summed E-state index contributed by atoms with van der Waals surface area (Å²) in [5.74, 6) is -1.70. The third-order valence-corrected chi connectivity index (χ3v) is 3.09. The first-order valence-electron chi connectivity index (χ1n) is 6.06. The topological polar surface area (TPSA) is 24.1 Å². The highest BCUT2D eigenvalue weighted by Crippen LogP contribution is 2.36. The number of thiocarbonyl (C=S) groups is 1. The van der Waals surface area contributed by atoms with E-state index in [1.807, 2.05) is 0 Å². The number of halogens is 6. The van der Waals surface area contributed by atoms with E-state index in [0.29, 0.717) is 6.07 Å². The van der Waals surface area contributed by atoms with Crippen LogP contribution in [0.2, 0.25) is 5.02 Å². The van der Waals surface area contributed by atoms with Crippen LogP contribution in [0, 0.1) is 11.6 Å². The number of alkyl halides is 3. The van der Waals surface area contributed by atoms with E-state index in [1.165, 1.54) is 6.07 Å². The molecule has 0 saturated heterocycles. The summed E-state index contributed by atoms with van der Waals surface area (Å²) in [6.45, 7) is 0. The molecule has 0 bridgehead atoms. The van der Waals surface area contributed by atoms with Crippen LogP contribution >= 0.6 is 23.8 Å². The fourth-order valence-corrected chi connectivity index (χ4v) is 2.17. The lowest BCUT2D eigenvalue weighted by Gasteiger charge is -2.16. The predicted molar refractivity (Wildman–Crippen MR) is 82.7 cm³/mol. The van der Waals surface area contributed by atoms with E-state index < -0.39 is 23.4 Å². The maximum absolute atomic E-state index is 13.1. The van der Waals surface area contributed by atoms with Crippen molar-refractivity contribution in [2.24, 2.45) is 0 Å². The number of rotatable bonds is 2. The normalized spacial score (nSPS) is 11.2. The average molecular weight is 367 g/mol. The Labute approximate surface area is 138 Å². The van der Waals surface area contributed by atoms with Crippen LogP contribution in [0.5, 0.6) is 0 Å². The lowest BCUT2D eigenvalue weighted by Crippen LogP contribution is -2.21. The van der Waals surface area contributed by atoms with Gasteiger partial charge < -0.3 is 10.6 Å². The third-order valence-electron chi connectivity index (χ3n) is 2.66. The van der Waals surface area contributed by atoms with Gasteiger partial charge in [-0.3, -0.25) is 0 Å². The molecule has 0 amide bonds. The quantitative estimate of drug-likeness (QED) is 0.546. The summed E-state index contributed by atoms with van der Waals surface area (Å²) in [4.78, 5) is 0. The lowest BCUT2D eigenvalue weighted by atomic mass is 10.1. The summed E-state index contributed by atoms with van der Waals surface area (Å²) in [5, 5.41) is 4.38. The zero-order valence-electron chi connectivity index (χ0n) is 11.1.